The van der Waals surface area contributed by atoms with Crippen LogP contribution in [0.5, 0.6) is 5.75 Å². The highest BCUT2D eigenvalue weighted by Gasteiger charge is 2.08. The van der Waals surface area contributed by atoms with Crippen molar-refractivity contribution in [2.45, 2.75) is 26.2 Å². The summed E-state index contributed by atoms with van der Waals surface area (Å²) in [7, 11) is 0. The van der Waals surface area contributed by atoms with Crippen molar-refractivity contribution >= 4 is 0 Å². The summed E-state index contributed by atoms with van der Waals surface area (Å²) in [5.74, 6) is 1.04. The van der Waals surface area contributed by atoms with Gasteiger partial charge in [0.1, 0.15) is 5.75 Å². The fourth-order valence-electron chi connectivity index (χ4n) is 1.72. The summed E-state index contributed by atoms with van der Waals surface area (Å²) in [6.45, 7) is 3.08. The summed E-state index contributed by atoms with van der Waals surface area (Å²) in [4.78, 5) is 0. The highest BCUT2D eigenvalue weighted by molar-refractivity contribution is 5.37. The molecule has 1 heteroatoms. The van der Waals surface area contributed by atoms with E-state index in [-0.39, 0.29) is 0 Å². The Morgan fingerprint density at radius 1 is 1.42 bits per heavy atom. The Hall–Kier alpha value is -0.980. The van der Waals surface area contributed by atoms with Crippen LogP contribution in [0.4, 0.5) is 0 Å². The predicted octanol–water partition coefficient (Wildman–Crippen LogP) is 2.57. The quantitative estimate of drug-likeness (QED) is 0.649. The number of benzene rings is 1. The molecule has 64 valence electrons. The van der Waals surface area contributed by atoms with Crippen molar-refractivity contribution in [2.75, 3.05) is 6.61 Å². The molecule has 2 rings (SSSR count). The van der Waals surface area contributed by atoms with E-state index in [9.17, 15) is 0 Å². The molecule has 1 aromatic rings. The second kappa shape index (κ2) is 3.18. The van der Waals surface area contributed by atoms with Gasteiger partial charge in [-0.1, -0.05) is 19.4 Å². The van der Waals surface area contributed by atoms with Crippen molar-refractivity contribution in [3.05, 3.63) is 29.3 Å². The van der Waals surface area contributed by atoms with Gasteiger partial charge in [0, 0.05) is 6.42 Å². The number of hydrogen-bond donors (Lipinski definition) is 0. The van der Waals surface area contributed by atoms with Crippen LogP contribution < -0.4 is 4.74 Å². The lowest BCUT2D eigenvalue weighted by molar-refractivity contribution is 0.310. The molecule has 1 aliphatic rings. The van der Waals surface area contributed by atoms with Crippen molar-refractivity contribution in [1.82, 2.24) is 0 Å². The van der Waals surface area contributed by atoms with Gasteiger partial charge in [-0.25, -0.2) is 0 Å². The average molecular weight is 162 g/mol. The first-order valence-corrected chi connectivity index (χ1v) is 4.65. The fraction of sp³-hybridized carbons (Fsp3) is 0.455. The molecule has 1 heterocycles. The Morgan fingerprint density at radius 2 is 2.33 bits per heavy atom. The largest absolute Gasteiger partial charge is 0.493 e. The summed E-state index contributed by atoms with van der Waals surface area (Å²) in [5.41, 5.74) is 2.99. The fourth-order valence-corrected chi connectivity index (χ4v) is 1.72. The number of aryl methyl sites for hydroxylation is 1. The molecule has 1 nitrogen and oxygen atoms in total. The van der Waals surface area contributed by atoms with Gasteiger partial charge in [-0.15, -0.1) is 0 Å². The van der Waals surface area contributed by atoms with Crippen LogP contribution in [0.25, 0.3) is 0 Å². The molecule has 0 unspecified atom stereocenters. The predicted molar refractivity (Wildman–Crippen MR) is 49.6 cm³/mol. The minimum Gasteiger partial charge on any atom is -0.493 e. The van der Waals surface area contributed by atoms with Crippen LogP contribution >= 0.6 is 0 Å². The van der Waals surface area contributed by atoms with E-state index in [2.05, 4.69) is 25.1 Å². The molecular weight excluding hydrogens is 148 g/mol. The summed E-state index contributed by atoms with van der Waals surface area (Å²) in [5, 5.41) is 0. The molecule has 0 fully saturated rings. The highest BCUT2D eigenvalue weighted by Crippen LogP contribution is 2.23. The van der Waals surface area contributed by atoms with Crippen LogP contribution in [-0.2, 0) is 12.8 Å². The van der Waals surface area contributed by atoms with Gasteiger partial charge in [0.15, 0.2) is 0 Å². The molecule has 0 N–H and O–H groups in total. The van der Waals surface area contributed by atoms with Gasteiger partial charge in [0.25, 0.3) is 0 Å². The van der Waals surface area contributed by atoms with Gasteiger partial charge in [-0.2, -0.15) is 0 Å². The van der Waals surface area contributed by atoms with E-state index >= 15 is 0 Å². The zero-order chi connectivity index (χ0) is 8.39. The number of ether oxygens (including phenoxy) is 1. The summed E-state index contributed by atoms with van der Waals surface area (Å²) >= 11 is 0. The third-order valence-electron chi connectivity index (χ3n) is 2.34. The van der Waals surface area contributed by atoms with E-state index in [1.165, 1.54) is 24.0 Å². The molecule has 0 aliphatic carbocycles. The summed E-state index contributed by atoms with van der Waals surface area (Å²) in [6.07, 6.45) is 3.52. The second-order valence-corrected chi connectivity index (χ2v) is 3.28. The van der Waals surface area contributed by atoms with E-state index in [4.69, 9.17) is 4.74 Å². The van der Waals surface area contributed by atoms with E-state index in [0.717, 1.165) is 18.8 Å². The average Bonchev–Trinajstić information content (AvgIpc) is 2.11. The van der Waals surface area contributed by atoms with Crippen LogP contribution in [0.15, 0.2) is 18.2 Å². The Balaban J connectivity index is 2.32. The first-order chi connectivity index (χ1) is 5.90. The number of fused-ring (bicyclic) bond motifs is 2. The molecule has 0 aromatic heterocycles. The maximum Gasteiger partial charge on any atom is 0.119 e. The molecule has 0 atom stereocenters. The molecule has 1 aromatic carbocycles. The van der Waals surface area contributed by atoms with Gasteiger partial charge in [-0.3, -0.25) is 0 Å². The molecule has 1 aliphatic heterocycles. The normalized spacial score (nSPS) is 14.1. The first kappa shape index (κ1) is 7.66. The Bertz CT molecular complexity index is 278. The van der Waals surface area contributed by atoms with Gasteiger partial charge in [0.05, 0.1) is 6.61 Å². The van der Waals surface area contributed by atoms with Crippen LogP contribution in [0.2, 0.25) is 0 Å². The van der Waals surface area contributed by atoms with Crippen molar-refractivity contribution < 1.29 is 4.74 Å². The van der Waals surface area contributed by atoms with Gasteiger partial charge < -0.3 is 4.74 Å². The minimum absolute atomic E-state index is 0.860. The molecule has 0 amide bonds. The van der Waals surface area contributed by atoms with Crippen molar-refractivity contribution in [2.24, 2.45) is 0 Å². The standard InChI is InChI=1S/C11H14O/c1-2-3-9-4-5-11-8-10(9)6-7-12-11/h4-5,8H,2-3,6-7H2,1H3. The first-order valence-electron chi connectivity index (χ1n) is 4.65. The lowest BCUT2D eigenvalue weighted by Gasteiger charge is -2.17. The minimum atomic E-state index is 0.860. The third-order valence-corrected chi connectivity index (χ3v) is 2.34. The van der Waals surface area contributed by atoms with Gasteiger partial charge in [-0.05, 0) is 29.7 Å². The molecule has 0 saturated carbocycles. The SMILES string of the molecule is CCCc1ccc2cc1CCO2. The third kappa shape index (κ3) is 1.31. The zero-order valence-electron chi connectivity index (χ0n) is 7.47. The molecule has 0 spiro atoms. The Kier molecular flexibility index (Phi) is 2.03. The topological polar surface area (TPSA) is 9.23 Å². The molecular formula is C11H14O. The van der Waals surface area contributed by atoms with Crippen LogP contribution in [0.3, 0.4) is 0 Å². The molecule has 0 radical (unpaired) electrons. The van der Waals surface area contributed by atoms with E-state index in [1.807, 2.05) is 0 Å². The number of rotatable bonds is 2. The molecule has 2 bridgehead atoms. The Labute approximate surface area is 73.4 Å². The summed E-state index contributed by atoms with van der Waals surface area (Å²) < 4.78 is 5.42. The lowest BCUT2D eigenvalue weighted by Crippen LogP contribution is -2.09. The van der Waals surface area contributed by atoms with Gasteiger partial charge in [0.2, 0.25) is 0 Å². The summed E-state index contributed by atoms with van der Waals surface area (Å²) in [6, 6.07) is 6.45. The van der Waals surface area contributed by atoms with Crippen molar-refractivity contribution in [1.29, 1.82) is 0 Å². The van der Waals surface area contributed by atoms with Crippen molar-refractivity contribution in [3.8, 4) is 5.75 Å². The number of hydrogen-bond acceptors (Lipinski definition) is 1. The second-order valence-electron chi connectivity index (χ2n) is 3.28. The Morgan fingerprint density at radius 3 is 3.17 bits per heavy atom. The smallest absolute Gasteiger partial charge is 0.119 e. The molecule has 0 saturated heterocycles. The van der Waals surface area contributed by atoms with Crippen LogP contribution in [0.1, 0.15) is 24.5 Å². The zero-order valence-corrected chi connectivity index (χ0v) is 7.47. The molecule has 12 heavy (non-hydrogen) atoms. The highest BCUT2D eigenvalue weighted by atomic mass is 16.5. The van der Waals surface area contributed by atoms with E-state index < -0.39 is 0 Å². The van der Waals surface area contributed by atoms with Crippen molar-refractivity contribution in [3.63, 3.8) is 0 Å². The maximum atomic E-state index is 5.42. The van der Waals surface area contributed by atoms with Gasteiger partial charge >= 0.3 is 0 Å². The van der Waals surface area contributed by atoms with Crippen LogP contribution in [-0.4, -0.2) is 6.61 Å². The van der Waals surface area contributed by atoms with E-state index in [1.54, 1.807) is 0 Å². The lowest BCUT2D eigenvalue weighted by atomic mass is 9.99. The maximum absolute atomic E-state index is 5.42. The van der Waals surface area contributed by atoms with Crippen LogP contribution in [0, 0.1) is 0 Å². The van der Waals surface area contributed by atoms with E-state index in [0.29, 0.717) is 0 Å². The monoisotopic (exact) mass is 162 g/mol.